The van der Waals surface area contributed by atoms with Crippen LogP contribution in [0.15, 0.2) is 194 Å². The summed E-state index contributed by atoms with van der Waals surface area (Å²) in [7, 11) is 0. The largest absolute Gasteiger partial charge is 0.228 e. The van der Waals surface area contributed by atoms with Crippen molar-refractivity contribution in [2.75, 3.05) is 0 Å². The van der Waals surface area contributed by atoms with E-state index in [1.807, 2.05) is 6.07 Å². The summed E-state index contributed by atoms with van der Waals surface area (Å²) < 4.78 is 0. The van der Waals surface area contributed by atoms with Crippen molar-refractivity contribution in [3.8, 4) is 67.3 Å². The lowest BCUT2D eigenvalue weighted by atomic mass is 9.81. The summed E-state index contributed by atoms with van der Waals surface area (Å²) in [5.74, 6) is 0.704. The van der Waals surface area contributed by atoms with Crippen molar-refractivity contribution in [1.29, 1.82) is 0 Å². The zero-order chi connectivity index (χ0) is 38.1. The third kappa shape index (κ3) is 5.48. The van der Waals surface area contributed by atoms with Crippen LogP contribution in [0.4, 0.5) is 0 Å². The van der Waals surface area contributed by atoms with E-state index in [1.54, 1.807) is 0 Å². The second-order valence-corrected chi connectivity index (χ2v) is 15.8. The van der Waals surface area contributed by atoms with Gasteiger partial charge in [-0.05, 0) is 95.0 Å². The number of benzene rings is 9. The van der Waals surface area contributed by atoms with E-state index in [0.29, 0.717) is 5.82 Å². The van der Waals surface area contributed by atoms with Gasteiger partial charge in [-0.1, -0.05) is 190 Å². The van der Waals surface area contributed by atoms with Gasteiger partial charge in [-0.15, -0.1) is 0 Å². The zero-order valence-electron chi connectivity index (χ0n) is 31.9. The molecule has 9 aromatic carbocycles. The lowest BCUT2D eigenvalue weighted by Crippen LogP contribution is -2.14. The number of hydrogen-bond donors (Lipinski definition) is 0. The zero-order valence-corrected chi connectivity index (χ0v) is 31.9. The lowest BCUT2D eigenvalue weighted by Gasteiger charge is -2.22. The highest BCUT2D eigenvalue weighted by molar-refractivity contribution is 6.22. The maximum absolute atomic E-state index is 5.22. The number of aromatic nitrogens is 2. The molecule has 1 aliphatic rings. The van der Waals surface area contributed by atoms with E-state index in [-0.39, 0.29) is 5.41 Å². The summed E-state index contributed by atoms with van der Waals surface area (Å²) >= 11 is 0. The normalized spacial score (nSPS) is 12.9. The smallest absolute Gasteiger partial charge is 0.160 e. The highest BCUT2D eigenvalue weighted by Crippen LogP contribution is 2.49. The molecule has 11 rings (SSSR count). The second kappa shape index (κ2) is 13.0. The van der Waals surface area contributed by atoms with Gasteiger partial charge < -0.3 is 0 Å². The van der Waals surface area contributed by atoms with Crippen LogP contribution in [0.3, 0.4) is 0 Å². The molecule has 10 aromatic rings. The summed E-state index contributed by atoms with van der Waals surface area (Å²) in [5.41, 5.74) is 15.1. The summed E-state index contributed by atoms with van der Waals surface area (Å²) in [6.07, 6.45) is 0. The Hall–Kier alpha value is -7.16. The summed E-state index contributed by atoms with van der Waals surface area (Å²) in [5, 5.41) is 7.51. The molecule has 0 fully saturated rings. The molecule has 0 radical (unpaired) electrons. The van der Waals surface area contributed by atoms with Gasteiger partial charge in [0.05, 0.1) is 11.4 Å². The van der Waals surface area contributed by atoms with Crippen molar-refractivity contribution in [2.45, 2.75) is 19.3 Å². The molecular formula is C55H38N2. The Morgan fingerprint density at radius 1 is 0.351 bits per heavy atom. The predicted molar refractivity (Wildman–Crippen MR) is 239 cm³/mol. The molecule has 0 atom stereocenters. The third-order valence-electron chi connectivity index (χ3n) is 12.1. The minimum absolute atomic E-state index is 0.0394. The molecule has 0 saturated carbocycles. The first-order chi connectivity index (χ1) is 28.0. The molecule has 2 heteroatoms. The second-order valence-electron chi connectivity index (χ2n) is 15.8. The van der Waals surface area contributed by atoms with Crippen LogP contribution in [-0.2, 0) is 5.41 Å². The minimum Gasteiger partial charge on any atom is -0.228 e. The number of hydrogen-bond acceptors (Lipinski definition) is 2. The van der Waals surface area contributed by atoms with Crippen LogP contribution in [0.2, 0.25) is 0 Å². The van der Waals surface area contributed by atoms with E-state index < -0.39 is 0 Å². The van der Waals surface area contributed by atoms with Crippen LogP contribution in [0.25, 0.3) is 99.6 Å². The molecule has 0 unspecified atom stereocenters. The first-order valence-electron chi connectivity index (χ1n) is 19.7. The van der Waals surface area contributed by atoms with Crippen LogP contribution < -0.4 is 0 Å². The molecule has 0 amide bonds. The average Bonchev–Trinajstić information content (AvgIpc) is 3.51. The number of rotatable bonds is 5. The summed E-state index contributed by atoms with van der Waals surface area (Å²) in [4.78, 5) is 10.4. The molecule has 2 nitrogen and oxygen atoms in total. The topological polar surface area (TPSA) is 25.8 Å². The first kappa shape index (κ1) is 33.2. The maximum atomic E-state index is 5.22. The van der Waals surface area contributed by atoms with Crippen LogP contribution in [0, 0.1) is 0 Å². The minimum atomic E-state index is -0.0394. The van der Waals surface area contributed by atoms with Crippen LogP contribution in [0.5, 0.6) is 0 Å². The van der Waals surface area contributed by atoms with Crippen molar-refractivity contribution in [1.82, 2.24) is 9.97 Å². The molecule has 0 aliphatic heterocycles. The lowest BCUT2D eigenvalue weighted by molar-refractivity contribution is 0.660. The first-order valence-corrected chi connectivity index (χ1v) is 19.7. The van der Waals surface area contributed by atoms with E-state index in [1.165, 1.54) is 76.8 Å². The highest BCUT2D eigenvalue weighted by atomic mass is 14.9. The van der Waals surface area contributed by atoms with Gasteiger partial charge in [0, 0.05) is 22.1 Å². The van der Waals surface area contributed by atoms with Crippen molar-refractivity contribution in [3.63, 3.8) is 0 Å². The predicted octanol–water partition coefficient (Wildman–Crippen LogP) is 14.6. The number of fused-ring (bicyclic) bond motifs is 7. The molecule has 57 heavy (non-hydrogen) atoms. The van der Waals surface area contributed by atoms with Gasteiger partial charge in [0.25, 0.3) is 0 Å². The van der Waals surface area contributed by atoms with Crippen LogP contribution in [-0.4, -0.2) is 9.97 Å². The fraction of sp³-hybridized carbons (Fsp3) is 0.0545. The van der Waals surface area contributed by atoms with Gasteiger partial charge in [0.1, 0.15) is 0 Å². The molecule has 268 valence electrons. The molecule has 0 N–H and O–H groups in total. The molecular weight excluding hydrogens is 689 g/mol. The Bertz CT molecular complexity index is 3180. The average molecular weight is 727 g/mol. The fourth-order valence-electron chi connectivity index (χ4n) is 9.12. The van der Waals surface area contributed by atoms with E-state index in [2.05, 4.69) is 202 Å². The van der Waals surface area contributed by atoms with Gasteiger partial charge in [-0.25, -0.2) is 9.97 Å². The van der Waals surface area contributed by atoms with Crippen molar-refractivity contribution in [2.24, 2.45) is 0 Å². The van der Waals surface area contributed by atoms with E-state index in [0.717, 1.165) is 28.1 Å². The van der Waals surface area contributed by atoms with Crippen molar-refractivity contribution >= 4 is 32.3 Å². The van der Waals surface area contributed by atoms with Gasteiger partial charge in [0.15, 0.2) is 5.82 Å². The molecule has 1 aromatic heterocycles. The Kier molecular flexibility index (Phi) is 7.55. The van der Waals surface area contributed by atoms with Gasteiger partial charge in [0.2, 0.25) is 0 Å². The Morgan fingerprint density at radius 2 is 0.912 bits per heavy atom. The van der Waals surface area contributed by atoms with Crippen LogP contribution in [0.1, 0.15) is 25.0 Å². The fourth-order valence-corrected chi connectivity index (χ4v) is 9.12. The molecule has 0 saturated heterocycles. The Morgan fingerprint density at radius 3 is 1.70 bits per heavy atom. The quantitative estimate of drug-likeness (QED) is 0.130. The molecule has 1 heterocycles. The van der Waals surface area contributed by atoms with Crippen LogP contribution >= 0.6 is 0 Å². The van der Waals surface area contributed by atoms with Gasteiger partial charge in [-0.2, -0.15) is 0 Å². The monoisotopic (exact) mass is 726 g/mol. The molecule has 1 aliphatic carbocycles. The standard InChI is InChI=1S/C55H38N2/c1-55(2)48-19-11-10-18-46(48)47-31-30-41(33-49(47)55)35-20-23-38(24-21-35)51-34-50(37-13-4-3-5-14-37)56-54(57-51)40-27-25-39(26-28-40)52-45-17-9-7-15-42(45)32-43-29-22-36-12-6-8-16-44(36)53(43)52/h3-34H,1-2H3. The molecule has 0 bridgehead atoms. The molecule has 0 spiro atoms. The van der Waals surface area contributed by atoms with Crippen molar-refractivity contribution < 1.29 is 0 Å². The summed E-state index contributed by atoms with van der Waals surface area (Å²) in [6.45, 7) is 4.67. The van der Waals surface area contributed by atoms with Crippen molar-refractivity contribution in [3.05, 3.63) is 205 Å². The third-order valence-corrected chi connectivity index (χ3v) is 12.1. The Labute approximate surface area is 332 Å². The van der Waals surface area contributed by atoms with E-state index in [9.17, 15) is 0 Å². The summed E-state index contributed by atoms with van der Waals surface area (Å²) in [6, 6.07) is 70.2. The Balaban J connectivity index is 0.992. The SMILES string of the molecule is CC1(C)c2ccccc2-c2ccc(-c3ccc(-c4cc(-c5ccccc5)nc(-c5ccc(-c6c7ccccc7cc7ccc8ccccc8c67)cc5)n4)cc3)cc21. The highest BCUT2D eigenvalue weighted by Gasteiger charge is 2.35. The maximum Gasteiger partial charge on any atom is 0.160 e. The number of nitrogens with zero attached hydrogens (tertiary/aromatic N) is 2. The van der Waals surface area contributed by atoms with E-state index >= 15 is 0 Å². The van der Waals surface area contributed by atoms with Gasteiger partial charge in [-0.3, -0.25) is 0 Å². The van der Waals surface area contributed by atoms with E-state index in [4.69, 9.17) is 9.97 Å². The van der Waals surface area contributed by atoms with Gasteiger partial charge >= 0.3 is 0 Å².